The molecule has 2 rings (SSSR count). The van der Waals surface area contributed by atoms with Gasteiger partial charge in [-0.05, 0) is 31.2 Å². The Morgan fingerprint density at radius 1 is 1.40 bits per heavy atom. The Labute approximate surface area is 128 Å². The lowest BCUT2D eigenvalue weighted by Crippen LogP contribution is -2.13. The molecular weight excluding hydrogens is 318 g/mol. The van der Waals surface area contributed by atoms with Gasteiger partial charge in [-0.3, -0.25) is 0 Å². The van der Waals surface area contributed by atoms with Crippen LogP contribution in [0.2, 0.25) is 0 Å². The van der Waals surface area contributed by atoms with Crippen LogP contribution >= 0.6 is 15.9 Å². The highest BCUT2D eigenvalue weighted by molar-refractivity contribution is 9.10. The average molecular weight is 338 g/mol. The summed E-state index contributed by atoms with van der Waals surface area (Å²) in [5.74, 6) is 0.896. The highest BCUT2D eigenvalue weighted by atomic mass is 79.9. The zero-order valence-electron chi connectivity index (χ0n) is 11.9. The van der Waals surface area contributed by atoms with Gasteiger partial charge < -0.3 is 14.6 Å². The predicted molar refractivity (Wildman–Crippen MR) is 84.0 cm³/mol. The summed E-state index contributed by atoms with van der Waals surface area (Å²) in [5.41, 5.74) is 2.19. The van der Waals surface area contributed by atoms with Gasteiger partial charge in [-0.1, -0.05) is 22.9 Å². The summed E-state index contributed by atoms with van der Waals surface area (Å²) in [5, 5.41) is 3.35. The lowest BCUT2D eigenvalue weighted by molar-refractivity contribution is 0.408. The average Bonchev–Trinajstić information content (AvgIpc) is 2.87. The molecule has 1 aromatic heterocycles. The van der Waals surface area contributed by atoms with Crippen molar-refractivity contribution in [3.05, 3.63) is 46.5 Å². The fraction of sp³-hybridized carbons (Fsp3) is 0.400. The summed E-state index contributed by atoms with van der Waals surface area (Å²) in [4.78, 5) is 4.41. The molecule has 0 bridgehead atoms. The molecule has 0 atom stereocenters. The second-order valence-electron chi connectivity index (χ2n) is 4.67. The third kappa shape index (κ3) is 4.08. The Morgan fingerprint density at radius 2 is 2.25 bits per heavy atom. The van der Waals surface area contributed by atoms with Gasteiger partial charge >= 0.3 is 0 Å². The van der Waals surface area contributed by atoms with Crippen molar-refractivity contribution in [3.63, 3.8) is 0 Å². The van der Waals surface area contributed by atoms with Gasteiger partial charge in [0, 0.05) is 22.8 Å². The van der Waals surface area contributed by atoms with Crippen LogP contribution in [0.3, 0.4) is 0 Å². The molecule has 0 amide bonds. The quantitative estimate of drug-likeness (QED) is 0.788. The number of ether oxygens (including phenoxy) is 1. The van der Waals surface area contributed by atoms with Crippen LogP contribution in [-0.4, -0.2) is 23.2 Å². The Hall–Kier alpha value is -1.33. The Balaban J connectivity index is 2.04. The Kier molecular flexibility index (Phi) is 5.61. The standard InChI is InChI=1S/C15H20BrN3O/c1-3-6-17-8-14-10-19(11-18-14)9-12-7-13(16)4-5-15(12)20-2/h4-5,7,10-11,17H,3,6,8-9H2,1-2H3. The number of halogens is 1. The summed E-state index contributed by atoms with van der Waals surface area (Å²) in [6.45, 7) is 4.75. The third-order valence-electron chi connectivity index (χ3n) is 3.01. The van der Waals surface area contributed by atoms with Crippen LogP contribution in [0.4, 0.5) is 0 Å². The molecule has 0 saturated carbocycles. The molecule has 0 unspecified atom stereocenters. The van der Waals surface area contributed by atoms with Crippen LogP contribution in [0, 0.1) is 0 Å². The molecule has 0 fully saturated rings. The van der Waals surface area contributed by atoms with Crippen molar-refractivity contribution in [1.82, 2.24) is 14.9 Å². The topological polar surface area (TPSA) is 39.1 Å². The van der Waals surface area contributed by atoms with Crippen molar-refractivity contribution in [2.45, 2.75) is 26.4 Å². The van der Waals surface area contributed by atoms with Crippen molar-refractivity contribution < 1.29 is 4.74 Å². The molecule has 108 valence electrons. The lowest BCUT2D eigenvalue weighted by atomic mass is 10.2. The van der Waals surface area contributed by atoms with Gasteiger partial charge in [-0.2, -0.15) is 0 Å². The Bertz CT molecular complexity index is 554. The van der Waals surface area contributed by atoms with E-state index in [0.29, 0.717) is 0 Å². The number of nitrogens with zero attached hydrogens (tertiary/aromatic N) is 2. The second-order valence-corrected chi connectivity index (χ2v) is 5.59. The van der Waals surface area contributed by atoms with E-state index >= 15 is 0 Å². The van der Waals surface area contributed by atoms with Gasteiger partial charge in [0.2, 0.25) is 0 Å². The lowest BCUT2D eigenvalue weighted by Gasteiger charge is -2.09. The minimum Gasteiger partial charge on any atom is -0.496 e. The molecule has 0 aliphatic heterocycles. The largest absolute Gasteiger partial charge is 0.496 e. The zero-order chi connectivity index (χ0) is 14.4. The normalized spacial score (nSPS) is 10.8. The molecule has 20 heavy (non-hydrogen) atoms. The van der Waals surface area contributed by atoms with Gasteiger partial charge in [-0.25, -0.2) is 4.98 Å². The molecule has 0 spiro atoms. The summed E-state index contributed by atoms with van der Waals surface area (Å²) in [7, 11) is 1.70. The molecule has 0 aliphatic rings. The summed E-state index contributed by atoms with van der Waals surface area (Å²) in [6.07, 6.45) is 5.07. The van der Waals surface area contributed by atoms with E-state index in [4.69, 9.17) is 4.74 Å². The summed E-state index contributed by atoms with van der Waals surface area (Å²) in [6, 6.07) is 6.03. The number of rotatable bonds is 7. The fourth-order valence-corrected chi connectivity index (χ4v) is 2.45. The van der Waals surface area contributed by atoms with Gasteiger partial charge in [0.1, 0.15) is 5.75 Å². The van der Waals surface area contributed by atoms with Gasteiger partial charge in [-0.15, -0.1) is 0 Å². The SMILES string of the molecule is CCCNCc1cn(Cc2cc(Br)ccc2OC)cn1. The first kappa shape index (κ1) is 15.1. The Morgan fingerprint density at radius 3 is 3.00 bits per heavy atom. The van der Waals surface area contributed by atoms with E-state index in [-0.39, 0.29) is 0 Å². The summed E-state index contributed by atoms with van der Waals surface area (Å²) < 4.78 is 8.52. The van der Waals surface area contributed by atoms with E-state index in [0.717, 1.165) is 47.5 Å². The van der Waals surface area contributed by atoms with E-state index in [2.05, 4.69) is 50.0 Å². The minimum absolute atomic E-state index is 0.753. The highest BCUT2D eigenvalue weighted by Gasteiger charge is 2.06. The number of benzene rings is 1. The van der Waals surface area contributed by atoms with E-state index in [9.17, 15) is 0 Å². The number of hydrogen-bond acceptors (Lipinski definition) is 3. The van der Waals surface area contributed by atoms with Crippen molar-refractivity contribution >= 4 is 15.9 Å². The maximum atomic E-state index is 5.39. The van der Waals surface area contributed by atoms with Crippen LogP contribution < -0.4 is 10.1 Å². The highest BCUT2D eigenvalue weighted by Crippen LogP contribution is 2.23. The number of methoxy groups -OCH3 is 1. The molecule has 0 aliphatic carbocycles. The van der Waals surface area contributed by atoms with Gasteiger partial charge in [0.25, 0.3) is 0 Å². The third-order valence-corrected chi connectivity index (χ3v) is 3.51. The van der Waals surface area contributed by atoms with Gasteiger partial charge in [0.15, 0.2) is 0 Å². The molecule has 4 nitrogen and oxygen atoms in total. The van der Waals surface area contributed by atoms with Crippen LogP contribution in [0.25, 0.3) is 0 Å². The predicted octanol–water partition coefficient (Wildman–Crippen LogP) is 3.20. The monoisotopic (exact) mass is 337 g/mol. The number of aromatic nitrogens is 2. The van der Waals surface area contributed by atoms with Crippen molar-refractivity contribution in [1.29, 1.82) is 0 Å². The molecule has 2 aromatic rings. The molecule has 1 heterocycles. The van der Waals surface area contributed by atoms with Crippen molar-refractivity contribution in [2.75, 3.05) is 13.7 Å². The van der Waals surface area contributed by atoms with Gasteiger partial charge in [0.05, 0.1) is 25.7 Å². The maximum absolute atomic E-state index is 5.39. The molecule has 5 heteroatoms. The zero-order valence-corrected chi connectivity index (χ0v) is 13.5. The van der Waals surface area contributed by atoms with Crippen LogP contribution in [0.1, 0.15) is 24.6 Å². The number of imidazole rings is 1. The van der Waals surface area contributed by atoms with Crippen LogP contribution in [0.5, 0.6) is 5.75 Å². The summed E-state index contributed by atoms with van der Waals surface area (Å²) >= 11 is 3.50. The van der Waals surface area contributed by atoms with Crippen molar-refractivity contribution in [2.24, 2.45) is 0 Å². The van der Waals surface area contributed by atoms with E-state index in [1.165, 1.54) is 0 Å². The number of nitrogens with one attached hydrogen (secondary N) is 1. The first-order valence-electron chi connectivity index (χ1n) is 6.76. The number of hydrogen-bond donors (Lipinski definition) is 1. The smallest absolute Gasteiger partial charge is 0.123 e. The molecular formula is C15H20BrN3O. The molecule has 1 N–H and O–H groups in total. The van der Waals surface area contributed by atoms with Crippen molar-refractivity contribution in [3.8, 4) is 5.75 Å². The first-order chi connectivity index (χ1) is 9.72. The molecule has 0 saturated heterocycles. The molecule has 0 radical (unpaired) electrons. The second kappa shape index (κ2) is 7.45. The van der Waals surface area contributed by atoms with Crippen LogP contribution in [-0.2, 0) is 13.1 Å². The minimum atomic E-state index is 0.753. The fourth-order valence-electron chi connectivity index (χ4n) is 2.04. The first-order valence-corrected chi connectivity index (χ1v) is 7.56. The van der Waals surface area contributed by atoms with Crippen LogP contribution in [0.15, 0.2) is 35.2 Å². The van der Waals surface area contributed by atoms with E-state index < -0.39 is 0 Å². The molecule has 1 aromatic carbocycles. The maximum Gasteiger partial charge on any atom is 0.123 e. The van der Waals surface area contributed by atoms with E-state index in [1.807, 2.05) is 18.5 Å². The van der Waals surface area contributed by atoms with E-state index in [1.54, 1.807) is 7.11 Å².